The largest absolute Gasteiger partial charge is 0.445 e. The number of H-pyrrole nitrogens is 1. The summed E-state index contributed by atoms with van der Waals surface area (Å²) in [5.41, 5.74) is 1.55. The first kappa shape index (κ1) is 25.5. The van der Waals surface area contributed by atoms with Crippen LogP contribution < -0.4 is 5.32 Å². The van der Waals surface area contributed by atoms with Crippen LogP contribution in [0, 0.1) is 5.82 Å². The molecule has 1 aliphatic rings. The first-order valence-corrected chi connectivity index (χ1v) is 12.0. The van der Waals surface area contributed by atoms with Crippen LogP contribution in [0.3, 0.4) is 0 Å². The zero-order chi connectivity index (χ0) is 25.9. The van der Waals surface area contributed by atoms with Crippen LogP contribution in [-0.4, -0.2) is 58.0 Å². The summed E-state index contributed by atoms with van der Waals surface area (Å²) in [5, 5.41) is 14.1. The van der Waals surface area contributed by atoms with Crippen LogP contribution in [0.5, 0.6) is 0 Å². The Kier molecular flexibility index (Phi) is 7.49. The van der Waals surface area contributed by atoms with E-state index in [1.165, 1.54) is 17.0 Å². The molecule has 3 aromatic rings. The number of rotatable bonds is 6. The van der Waals surface area contributed by atoms with Crippen LogP contribution in [0.25, 0.3) is 10.9 Å². The van der Waals surface area contributed by atoms with Gasteiger partial charge < -0.3 is 29.8 Å². The maximum absolute atomic E-state index is 13.8. The number of aliphatic hydroxyl groups is 1. The Morgan fingerprint density at radius 2 is 1.97 bits per heavy atom. The number of fused-ring (bicyclic) bond motifs is 1. The summed E-state index contributed by atoms with van der Waals surface area (Å²) in [6.07, 6.45) is 0.184. The van der Waals surface area contributed by atoms with Crippen LogP contribution in [0.4, 0.5) is 14.0 Å². The molecule has 192 valence electrons. The first-order chi connectivity index (χ1) is 17.1. The minimum absolute atomic E-state index is 0.117. The van der Waals surface area contributed by atoms with E-state index in [-0.39, 0.29) is 25.5 Å². The van der Waals surface area contributed by atoms with Gasteiger partial charge in [0.15, 0.2) is 0 Å². The molecule has 8 nitrogen and oxygen atoms in total. The van der Waals surface area contributed by atoms with Crippen molar-refractivity contribution in [2.45, 2.75) is 57.5 Å². The number of ether oxygens (including phenoxy) is 2. The lowest BCUT2D eigenvalue weighted by Gasteiger charge is -2.33. The second kappa shape index (κ2) is 10.6. The van der Waals surface area contributed by atoms with Gasteiger partial charge in [0.05, 0.1) is 12.6 Å². The Morgan fingerprint density at radius 3 is 2.69 bits per heavy atom. The lowest BCUT2D eigenvalue weighted by atomic mass is 9.89. The highest BCUT2D eigenvalue weighted by molar-refractivity contribution is 5.84. The first-order valence-electron chi connectivity index (χ1n) is 12.0. The number of hydrogen-bond donors (Lipinski definition) is 3. The van der Waals surface area contributed by atoms with Crippen molar-refractivity contribution in [1.82, 2.24) is 15.2 Å². The fourth-order valence-corrected chi connectivity index (χ4v) is 4.60. The number of nitrogens with one attached hydrogen (secondary N) is 2. The van der Waals surface area contributed by atoms with Gasteiger partial charge in [-0.3, -0.25) is 0 Å². The number of nitrogens with zero attached hydrogens (tertiary/aromatic N) is 1. The molecular weight excluding hydrogens is 465 g/mol. The number of alkyl carbamates (subject to hydrolysis) is 1. The molecule has 0 spiro atoms. The third kappa shape index (κ3) is 6.15. The fourth-order valence-electron chi connectivity index (χ4n) is 4.60. The molecule has 3 N–H and O–H groups in total. The van der Waals surface area contributed by atoms with E-state index < -0.39 is 35.9 Å². The van der Waals surface area contributed by atoms with Crippen molar-refractivity contribution in [3.05, 3.63) is 71.7 Å². The van der Waals surface area contributed by atoms with Gasteiger partial charge in [0.2, 0.25) is 0 Å². The van der Waals surface area contributed by atoms with Crippen molar-refractivity contribution in [2.75, 3.05) is 13.1 Å². The zero-order valence-electron chi connectivity index (χ0n) is 20.7. The molecule has 4 rings (SSSR count). The van der Waals surface area contributed by atoms with Crippen LogP contribution in [-0.2, 0) is 16.1 Å². The van der Waals surface area contributed by atoms with Crippen molar-refractivity contribution in [3.63, 3.8) is 0 Å². The quantitative estimate of drug-likeness (QED) is 0.459. The normalized spacial score (nSPS) is 18.8. The number of halogens is 1. The number of carbonyl (C=O) groups is 2. The van der Waals surface area contributed by atoms with Gasteiger partial charge in [-0.15, -0.1) is 0 Å². The Hall–Kier alpha value is -3.59. The highest BCUT2D eigenvalue weighted by Crippen LogP contribution is 2.36. The van der Waals surface area contributed by atoms with E-state index in [2.05, 4.69) is 10.3 Å². The number of carbonyl (C=O) groups excluding carboxylic acids is 2. The molecule has 1 fully saturated rings. The number of benzene rings is 2. The average Bonchev–Trinajstić information content (AvgIpc) is 3.41. The van der Waals surface area contributed by atoms with Crippen molar-refractivity contribution in [2.24, 2.45) is 0 Å². The highest BCUT2D eigenvalue weighted by atomic mass is 19.1. The molecular formula is C27H32FN3O5. The van der Waals surface area contributed by atoms with Gasteiger partial charge in [0, 0.05) is 35.6 Å². The van der Waals surface area contributed by atoms with Crippen molar-refractivity contribution < 1.29 is 28.6 Å². The summed E-state index contributed by atoms with van der Waals surface area (Å²) >= 11 is 0. The van der Waals surface area contributed by atoms with E-state index in [9.17, 15) is 19.1 Å². The minimum atomic E-state index is -0.738. The molecule has 0 saturated carbocycles. The predicted molar refractivity (Wildman–Crippen MR) is 133 cm³/mol. The van der Waals surface area contributed by atoms with E-state index in [1.54, 1.807) is 33.0 Å². The maximum atomic E-state index is 13.8. The Balaban J connectivity index is 1.57. The molecule has 3 atom stereocenters. The summed E-state index contributed by atoms with van der Waals surface area (Å²) < 4.78 is 24.8. The van der Waals surface area contributed by atoms with Crippen molar-refractivity contribution >= 4 is 23.1 Å². The summed E-state index contributed by atoms with van der Waals surface area (Å²) in [4.78, 5) is 30.1. The topological polar surface area (TPSA) is 104 Å². The van der Waals surface area contributed by atoms with Crippen LogP contribution >= 0.6 is 0 Å². The predicted octanol–water partition coefficient (Wildman–Crippen LogP) is 4.69. The molecule has 2 amide bonds. The molecule has 2 heterocycles. The Labute approximate surface area is 209 Å². The molecule has 1 aliphatic heterocycles. The molecule has 36 heavy (non-hydrogen) atoms. The van der Waals surface area contributed by atoms with E-state index in [1.807, 2.05) is 30.3 Å². The van der Waals surface area contributed by atoms with Gasteiger partial charge >= 0.3 is 12.2 Å². The number of amides is 2. The van der Waals surface area contributed by atoms with Gasteiger partial charge in [0.1, 0.15) is 18.0 Å². The number of likely N-dealkylation sites (tertiary alicyclic amines) is 1. The van der Waals surface area contributed by atoms with Crippen LogP contribution in [0.1, 0.15) is 44.2 Å². The number of aromatic amines is 1. The Bertz CT molecular complexity index is 1210. The van der Waals surface area contributed by atoms with E-state index in [0.717, 1.165) is 16.5 Å². The molecule has 1 aromatic heterocycles. The van der Waals surface area contributed by atoms with E-state index in [4.69, 9.17) is 9.47 Å². The van der Waals surface area contributed by atoms with Gasteiger partial charge in [-0.05, 0) is 56.5 Å². The maximum Gasteiger partial charge on any atom is 0.410 e. The SMILES string of the molecule is CC(C)(C)OC(=O)N1CC(O)CC1C(CNC(=O)OCc1ccccc1)c1c[nH]c2cc(F)ccc12. The van der Waals surface area contributed by atoms with Crippen molar-refractivity contribution in [1.29, 1.82) is 0 Å². The summed E-state index contributed by atoms with van der Waals surface area (Å²) in [5.74, 6) is -0.792. The van der Waals surface area contributed by atoms with Gasteiger partial charge in [-0.1, -0.05) is 30.3 Å². The van der Waals surface area contributed by atoms with Crippen molar-refractivity contribution in [3.8, 4) is 0 Å². The third-order valence-corrected chi connectivity index (χ3v) is 6.17. The minimum Gasteiger partial charge on any atom is -0.445 e. The number of β-amino-alcohol motifs (C(OH)–C–C–N with tert-alkyl or cyclic N) is 1. The second-order valence-electron chi connectivity index (χ2n) is 10.1. The summed E-state index contributed by atoms with van der Waals surface area (Å²) in [7, 11) is 0. The summed E-state index contributed by atoms with van der Waals surface area (Å²) in [6, 6.07) is 13.3. The van der Waals surface area contributed by atoms with Crippen LogP contribution in [0.2, 0.25) is 0 Å². The molecule has 9 heteroatoms. The molecule has 0 aliphatic carbocycles. The fraction of sp³-hybridized carbons (Fsp3) is 0.407. The van der Waals surface area contributed by atoms with Gasteiger partial charge in [0.25, 0.3) is 0 Å². The second-order valence-corrected chi connectivity index (χ2v) is 10.1. The Morgan fingerprint density at radius 1 is 1.22 bits per heavy atom. The smallest absolute Gasteiger partial charge is 0.410 e. The standard InChI is InChI=1S/C27H32FN3O5/c1-27(2,3)36-26(34)31-15-19(32)12-24(31)22(21-13-29-23-11-18(28)9-10-20(21)23)14-30-25(33)35-16-17-7-5-4-6-8-17/h4-11,13,19,22,24,29,32H,12,14-16H2,1-3H3,(H,30,33). The molecule has 1 saturated heterocycles. The van der Waals surface area contributed by atoms with Gasteiger partial charge in [-0.2, -0.15) is 0 Å². The van der Waals surface area contributed by atoms with E-state index in [0.29, 0.717) is 11.9 Å². The molecule has 2 aromatic carbocycles. The monoisotopic (exact) mass is 497 g/mol. The van der Waals surface area contributed by atoms with Crippen LogP contribution in [0.15, 0.2) is 54.7 Å². The highest BCUT2D eigenvalue weighted by Gasteiger charge is 2.42. The summed E-state index contributed by atoms with van der Waals surface area (Å²) in [6.45, 7) is 5.71. The average molecular weight is 498 g/mol. The number of aliphatic hydroxyl groups excluding tert-OH is 1. The number of hydrogen-bond acceptors (Lipinski definition) is 5. The van der Waals surface area contributed by atoms with Gasteiger partial charge in [-0.25, -0.2) is 14.0 Å². The molecule has 0 radical (unpaired) electrons. The van der Waals surface area contributed by atoms with E-state index >= 15 is 0 Å². The third-order valence-electron chi connectivity index (χ3n) is 6.17. The zero-order valence-corrected chi connectivity index (χ0v) is 20.7. The number of aromatic nitrogens is 1. The lowest BCUT2D eigenvalue weighted by molar-refractivity contribution is 0.0189. The lowest BCUT2D eigenvalue weighted by Crippen LogP contribution is -2.45. The molecule has 3 unspecified atom stereocenters. The molecule has 0 bridgehead atoms.